The minimum Gasteiger partial charge on any atom is -0.490 e. The maximum Gasteiger partial charge on any atom is 0.311 e. The summed E-state index contributed by atoms with van der Waals surface area (Å²) in [5, 5.41) is 0. The van der Waals surface area contributed by atoms with Crippen LogP contribution in [0.2, 0.25) is 0 Å². The van der Waals surface area contributed by atoms with Gasteiger partial charge >= 0.3 is 11.8 Å². The monoisotopic (exact) mass is 262 g/mol. The highest BCUT2D eigenvalue weighted by Gasteiger charge is 2.26. The molecular formula is C14H18N2O3. The molecule has 2 amide bonds. The van der Waals surface area contributed by atoms with Gasteiger partial charge < -0.3 is 15.4 Å². The molecule has 1 fully saturated rings. The lowest BCUT2D eigenvalue weighted by molar-refractivity contribution is -0.145. The largest absolute Gasteiger partial charge is 0.490 e. The third-order valence-corrected chi connectivity index (χ3v) is 3.23. The molecule has 0 bridgehead atoms. The Morgan fingerprint density at radius 2 is 2.00 bits per heavy atom. The number of carbonyl (C=O) groups excluding carboxylic acids is 2. The third-order valence-electron chi connectivity index (χ3n) is 3.23. The van der Waals surface area contributed by atoms with Gasteiger partial charge in [0.25, 0.3) is 0 Å². The van der Waals surface area contributed by atoms with Gasteiger partial charge in [-0.3, -0.25) is 9.59 Å². The smallest absolute Gasteiger partial charge is 0.311 e. The molecule has 5 heteroatoms. The van der Waals surface area contributed by atoms with Crippen molar-refractivity contribution in [2.45, 2.75) is 25.9 Å². The summed E-state index contributed by atoms with van der Waals surface area (Å²) in [4.78, 5) is 23.7. The van der Waals surface area contributed by atoms with Gasteiger partial charge in [-0.2, -0.15) is 0 Å². The van der Waals surface area contributed by atoms with Crippen LogP contribution in [0, 0.1) is 6.92 Å². The van der Waals surface area contributed by atoms with Crippen LogP contribution in [0.5, 0.6) is 5.75 Å². The zero-order valence-electron chi connectivity index (χ0n) is 11.0. The first kappa shape index (κ1) is 13.4. The molecule has 1 aromatic rings. The number of carbonyl (C=O) groups is 2. The van der Waals surface area contributed by atoms with Crippen molar-refractivity contribution in [3.05, 3.63) is 29.8 Å². The first-order chi connectivity index (χ1) is 9.06. The van der Waals surface area contributed by atoms with Gasteiger partial charge in [-0.15, -0.1) is 0 Å². The number of amides is 2. The van der Waals surface area contributed by atoms with Gasteiger partial charge in [-0.1, -0.05) is 12.1 Å². The van der Waals surface area contributed by atoms with Crippen molar-refractivity contribution >= 4 is 11.8 Å². The maximum absolute atomic E-state index is 11.4. The van der Waals surface area contributed by atoms with E-state index in [-0.39, 0.29) is 6.10 Å². The number of ether oxygens (including phenoxy) is 1. The number of benzene rings is 1. The van der Waals surface area contributed by atoms with E-state index in [2.05, 4.69) is 0 Å². The summed E-state index contributed by atoms with van der Waals surface area (Å²) in [6, 6.07) is 7.88. The fourth-order valence-electron chi connectivity index (χ4n) is 2.21. The second-order valence-corrected chi connectivity index (χ2v) is 4.79. The molecule has 0 radical (unpaired) electrons. The van der Waals surface area contributed by atoms with Gasteiger partial charge in [0.2, 0.25) is 0 Å². The molecule has 5 nitrogen and oxygen atoms in total. The molecule has 2 N–H and O–H groups in total. The normalized spacial score (nSPS) is 16.2. The first-order valence-corrected chi connectivity index (χ1v) is 6.38. The molecule has 0 spiro atoms. The van der Waals surface area contributed by atoms with Crippen LogP contribution in [-0.2, 0) is 9.59 Å². The summed E-state index contributed by atoms with van der Waals surface area (Å²) in [7, 11) is 0. The number of rotatable bonds is 2. The Morgan fingerprint density at radius 1 is 1.32 bits per heavy atom. The second-order valence-electron chi connectivity index (χ2n) is 4.79. The Bertz CT molecular complexity index is 479. The van der Waals surface area contributed by atoms with Crippen molar-refractivity contribution in [3.63, 3.8) is 0 Å². The highest BCUT2D eigenvalue weighted by molar-refractivity contribution is 6.34. The average molecular weight is 262 g/mol. The predicted molar refractivity (Wildman–Crippen MR) is 70.6 cm³/mol. The van der Waals surface area contributed by atoms with Crippen molar-refractivity contribution in [2.24, 2.45) is 5.73 Å². The number of nitrogens with zero attached hydrogens (tertiary/aromatic N) is 1. The quantitative estimate of drug-likeness (QED) is 0.803. The predicted octanol–water partition coefficient (Wildman–Crippen LogP) is 0.850. The zero-order chi connectivity index (χ0) is 13.8. The van der Waals surface area contributed by atoms with Gasteiger partial charge in [0.05, 0.1) is 0 Å². The van der Waals surface area contributed by atoms with Crippen molar-refractivity contribution in [2.75, 3.05) is 13.1 Å². The van der Waals surface area contributed by atoms with Crippen LogP contribution >= 0.6 is 0 Å². The first-order valence-electron chi connectivity index (χ1n) is 6.38. The Balaban J connectivity index is 1.87. The van der Waals surface area contributed by atoms with Crippen LogP contribution in [0.1, 0.15) is 18.4 Å². The van der Waals surface area contributed by atoms with Gasteiger partial charge in [0.1, 0.15) is 11.9 Å². The number of primary amides is 1. The summed E-state index contributed by atoms with van der Waals surface area (Å²) < 4.78 is 5.87. The van der Waals surface area contributed by atoms with E-state index >= 15 is 0 Å². The SMILES string of the molecule is Cc1cccc(OC2CCN(C(=O)C(N)=O)CC2)c1. The number of hydrogen-bond acceptors (Lipinski definition) is 3. The van der Waals surface area contributed by atoms with E-state index in [0.717, 1.165) is 11.3 Å². The number of likely N-dealkylation sites (tertiary alicyclic amines) is 1. The van der Waals surface area contributed by atoms with Crippen LogP contribution < -0.4 is 10.5 Å². The van der Waals surface area contributed by atoms with E-state index in [4.69, 9.17) is 10.5 Å². The standard InChI is InChI=1S/C14H18N2O3/c1-10-3-2-4-12(9-10)19-11-5-7-16(8-6-11)14(18)13(15)17/h2-4,9,11H,5-8H2,1H3,(H2,15,17). The minimum atomic E-state index is -0.891. The van der Waals surface area contributed by atoms with E-state index in [9.17, 15) is 9.59 Å². The fourth-order valence-corrected chi connectivity index (χ4v) is 2.21. The lowest BCUT2D eigenvalue weighted by atomic mass is 10.1. The van der Waals surface area contributed by atoms with Crippen molar-refractivity contribution in [1.82, 2.24) is 4.90 Å². The van der Waals surface area contributed by atoms with Crippen LogP contribution in [-0.4, -0.2) is 35.9 Å². The summed E-state index contributed by atoms with van der Waals surface area (Å²) in [6.07, 6.45) is 1.51. The van der Waals surface area contributed by atoms with Gasteiger partial charge in [0, 0.05) is 25.9 Å². The molecule has 0 atom stereocenters. The number of aryl methyl sites for hydroxylation is 1. The van der Waals surface area contributed by atoms with Crippen LogP contribution in [0.4, 0.5) is 0 Å². The molecule has 1 heterocycles. The molecular weight excluding hydrogens is 244 g/mol. The number of piperidine rings is 1. The molecule has 19 heavy (non-hydrogen) atoms. The van der Waals surface area contributed by atoms with Crippen molar-refractivity contribution in [3.8, 4) is 5.75 Å². The van der Waals surface area contributed by atoms with Crippen LogP contribution in [0.3, 0.4) is 0 Å². The topological polar surface area (TPSA) is 72.6 Å². The third kappa shape index (κ3) is 3.47. The van der Waals surface area contributed by atoms with Crippen LogP contribution in [0.15, 0.2) is 24.3 Å². The number of nitrogens with two attached hydrogens (primary N) is 1. The van der Waals surface area contributed by atoms with Crippen molar-refractivity contribution in [1.29, 1.82) is 0 Å². The fraction of sp³-hybridized carbons (Fsp3) is 0.429. The molecule has 0 unspecified atom stereocenters. The molecule has 1 aromatic carbocycles. The molecule has 2 rings (SSSR count). The van der Waals surface area contributed by atoms with Gasteiger partial charge in [-0.25, -0.2) is 0 Å². The van der Waals surface area contributed by atoms with Crippen LogP contribution in [0.25, 0.3) is 0 Å². The van der Waals surface area contributed by atoms with Gasteiger partial charge in [0.15, 0.2) is 0 Å². The van der Waals surface area contributed by atoms with Crippen molar-refractivity contribution < 1.29 is 14.3 Å². The zero-order valence-corrected chi connectivity index (χ0v) is 11.0. The summed E-state index contributed by atoms with van der Waals surface area (Å²) in [5.41, 5.74) is 6.13. The number of hydrogen-bond donors (Lipinski definition) is 1. The Kier molecular flexibility index (Phi) is 4.04. The highest BCUT2D eigenvalue weighted by Crippen LogP contribution is 2.19. The maximum atomic E-state index is 11.4. The summed E-state index contributed by atoms with van der Waals surface area (Å²) in [6.45, 7) is 3.04. The van der Waals surface area contributed by atoms with E-state index in [1.165, 1.54) is 4.90 Å². The van der Waals surface area contributed by atoms with Gasteiger partial charge in [-0.05, 0) is 24.6 Å². The summed E-state index contributed by atoms with van der Waals surface area (Å²) >= 11 is 0. The second kappa shape index (κ2) is 5.73. The minimum absolute atomic E-state index is 0.0822. The molecule has 1 saturated heterocycles. The molecule has 102 valence electrons. The Morgan fingerprint density at radius 3 is 2.58 bits per heavy atom. The average Bonchev–Trinajstić information content (AvgIpc) is 2.39. The Hall–Kier alpha value is -2.04. The Labute approximate surface area is 112 Å². The molecule has 1 aliphatic heterocycles. The molecule has 0 aliphatic carbocycles. The van der Waals surface area contributed by atoms with E-state index in [1.807, 2.05) is 31.2 Å². The lowest BCUT2D eigenvalue weighted by Gasteiger charge is -2.31. The molecule has 0 aromatic heterocycles. The molecule has 0 saturated carbocycles. The van der Waals surface area contributed by atoms with E-state index in [1.54, 1.807) is 0 Å². The summed E-state index contributed by atoms with van der Waals surface area (Å²) in [5.74, 6) is -0.647. The van der Waals surface area contributed by atoms with E-state index < -0.39 is 11.8 Å². The van der Waals surface area contributed by atoms with E-state index in [0.29, 0.717) is 25.9 Å². The molecule has 1 aliphatic rings. The highest BCUT2D eigenvalue weighted by atomic mass is 16.5. The lowest BCUT2D eigenvalue weighted by Crippen LogP contribution is -2.46.